The summed E-state index contributed by atoms with van der Waals surface area (Å²) in [6.07, 6.45) is 0.344. The predicted molar refractivity (Wildman–Crippen MR) is 80.9 cm³/mol. The molecule has 0 atom stereocenters. The third-order valence-electron chi connectivity index (χ3n) is 2.75. The number of hydrogen-bond acceptors (Lipinski definition) is 2. The molecule has 0 spiro atoms. The van der Waals surface area contributed by atoms with Gasteiger partial charge in [-0.2, -0.15) is 0 Å². The van der Waals surface area contributed by atoms with Gasteiger partial charge in [-0.1, -0.05) is 30.0 Å². The molecule has 0 aliphatic heterocycles. The lowest BCUT2D eigenvalue weighted by Gasteiger charge is -2.06. The lowest BCUT2D eigenvalue weighted by atomic mass is 10.1. The second kappa shape index (κ2) is 7.82. The zero-order valence-electron chi connectivity index (χ0n) is 11.3. The van der Waals surface area contributed by atoms with Crippen LogP contribution in [0.15, 0.2) is 47.4 Å². The first-order chi connectivity index (χ1) is 10.2. The Hall–Kier alpha value is -1.83. The lowest BCUT2D eigenvalue weighted by Crippen LogP contribution is -1.91. The molecular formula is C17H14F2OS. The third-order valence-corrected chi connectivity index (χ3v) is 3.85. The molecule has 108 valence electrons. The summed E-state index contributed by atoms with van der Waals surface area (Å²) >= 11 is 1.34. The Morgan fingerprint density at radius 3 is 2.67 bits per heavy atom. The van der Waals surface area contributed by atoms with Crippen molar-refractivity contribution in [1.29, 1.82) is 0 Å². The first kappa shape index (κ1) is 15.6. The van der Waals surface area contributed by atoms with Crippen molar-refractivity contribution in [3.8, 4) is 11.8 Å². The summed E-state index contributed by atoms with van der Waals surface area (Å²) in [4.78, 5) is 0.552. The number of rotatable bonds is 4. The van der Waals surface area contributed by atoms with E-state index in [1.807, 2.05) is 0 Å². The van der Waals surface area contributed by atoms with Gasteiger partial charge >= 0.3 is 0 Å². The van der Waals surface area contributed by atoms with E-state index in [1.54, 1.807) is 24.3 Å². The molecule has 2 aromatic rings. The van der Waals surface area contributed by atoms with E-state index < -0.39 is 0 Å². The minimum absolute atomic E-state index is 0.0262. The number of hydrogen-bond donors (Lipinski definition) is 1. The van der Waals surface area contributed by atoms with Crippen molar-refractivity contribution in [2.45, 2.75) is 17.1 Å². The van der Waals surface area contributed by atoms with Gasteiger partial charge in [0, 0.05) is 22.6 Å². The van der Waals surface area contributed by atoms with Crippen molar-refractivity contribution in [1.82, 2.24) is 0 Å². The van der Waals surface area contributed by atoms with E-state index in [2.05, 4.69) is 11.8 Å². The van der Waals surface area contributed by atoms with E-state index in [0.717, 1.165) is 5.56 Å². The van der Waals surface area contributed by atoms with Crippen LogP contribution < -0.4 is 0 Å². The van der Waals surface area contributed by atoms with Gasteiger partial charge in [-0.25, -0.2) is 8.78 Å². The molecule has 1 nitrogen and oxygen atoms in total. The Morgan fingerprint density at radius 2 is 1.90 bits per heavy atom. The standard InChI is InChI=1S/C17H14F2OS/c18-15-9-8-14(13(11-15)5-3-4-10-20)12-21-17-7-2-1-6-16(17)19/h1-2,6-9,11,20H,4,10,12H2. The summed E-state index contributed by atoms with van der Waals surface area (Å²) < 4.78 is 26.9. The molecule has 4 heteroatoms. The van der Waals surface area contributed by atoms with Crippen molar-refractivity contribution in [3.63, 3.8) is 0 Å². The Labute approximate surface area is 127 Å². The van der Waals surface area contributed by atoms with Crippen LogP contribution in [0.5, 0.6) is 0 Å². The van der Waals surface area contributed by atoms with Crippen LogP contribution in [-0.2, 0) is 5.75 Å². The second-order valence-electron chi connectivity index (χ2n) is 4.30. The van der Waals surface area contributed by atoms with Gasteiger partial charge in [0.05, 0.1) is 6.61 Å². The normalized spacial score (nSPS) is 10.0. The van der Waals surface area contributed by atoms with Crippen molar-refractivity contribution in [3.05, 3.63) is 65.2 Å². The first-order valence-electron chi connectivity index (χ1n) is 6.46. The SMILES string of the molecule is OCCC#Cc1cc(F)ccc1CSc1ccccc1F. The van der Waals surface area contributed by atoms with Crippen LogP contribution in [0.3, 0.4) is 0 Å². The van der Waals surface area contributed by atoms with E-state index in [1.165, 1.54) is 30.0 Å². The van der Waals surface area contributed by atoms with Gasteiger partial charge in [-0.15, -0.1) is 11.8 Å². The monoisotopic (exact) mass is 304 g/mol. The largest absolute Gasteiger partial charge is 0.395 e. The van der Waals surface area contributed by atoms with Crippen molar-refractivity contribution < 1.29 is 13.9 Å². The summed E-state index contributed by atoms with van der Waals surface area (Å²) in [7, 11) is 0. The summed E-state index contributed by atoms with van der Waals surface area (Å²) in [6.45, 7) is -0.0262. The molecule has 2 aromatic carbocycles. The van der Waals surface area contributed by atoms with Crippen molar-refractivity contribution in [2.24, 2.45) is 0 Å². The summed E-state index contributed by atoms with van der Waals surface area (Å²) in [5.74, 6) is 5.51. The first-order valence-corrected chi connectivity index (χ1v) is 7.45. The third kappa shape index (κ3) is 4.59. The minimum Gasteiger partial charge on any atom is -0.395 e. The van der Waals surface area contributed by atoms with Crippen molar-refractivity contribution in [2.75, 3.05) is 6.61 Å². The molecule has 0 radical (unpaired) electrons. The molecule has 0 bridgehead atoms. The highest BCUT2D eigenvalue weighted by Crippen LogP contribution is 2.26. The fraction of sp³-hybridized carbons (Fsp3) is 0.176. The zero-order valence-corrected chi connectivity index (χ0v) is 12.1. The maximum Gasteiger partial charge on any atom is 0.136 e. The molecule has 0 aliphatic carbocycles. The number of aliphatic hydroxyl groups excluding tert-OH is 1. The molecular weight excluding hydrogens is 290 g/mol. The van der Waals surface area contributed by atoms with E-state index in [0.29, 0.717) is 22.6 Å². The van der Waals surface area contributed by atoms with E-state index >= 15 is 0 Å². The average Bonchev–Trinajstić information content (AvgIpc) is 2.48. The smallest absolute Gasteiger partial charge is 0.136 e. The summed E-state index contributed by atoms with van der Waals surface area (Å²) in [6, 6.07) is 10.9. The highest BCUT2D eigenvalue weighted by Gasteiger charge is 2.06. The van der Waals surface area contributed by atoms with Gasteiger partial charge in [0.1, 0.15) is 11.6 Å². The van der Waals surface area contributed by atoms with Gasteiger partial charge in [0.2, 0.25) is 0 Å². The Morgan fingerprint density at radius 1 is 1.10 bits per heavy atom. The van der Waals surface area contributed by atoms with Crippen LogP contribution >= 0.6 is 11.8 Å². The summed E-state index contributed by atoms with van der Waals surface area (Å²) in [5.41, 5.74) is 1.42. The van der Waals surface area contributed by atoms with Crippen LogP contribution in [0.2, 0.25) is 0 Å². The highest BCUT2D eigenvalue weighted by molar-refractivity contribution is 7.98. The quantitative estimate of drug-likeness (QED) is 0.681. The summed E-state index contributed by atoms with van der Waals surface area (Å²) in [5, 5.41) is 8.73. The van der Waals surface area contributed by atoms with Crippen LogP contribution in [0.1, 0.15) is 17.5 Å². The predicted octanol–water partition coefficient (Wildman–Crippen LogP) is 3.99. The Bertz CT molecular complexity index is 674. The van der Waals surface area contributed by atoms with E-state index in [4.69, 9.17) is 5.11 Å². The molecule has 0 aliphatic rings. The molecule has 21 heavy (non-hydrogen) atoms. The molecule has 0 amide bonds. The van der Waals surface area contributed by atoms with Crippen LogP contribution in [0.4, 0.5) is 8.78 Å². The van der Waals surface area contributed by atoms with Gasteiger partial charge < -0.3 is 5.11 Å². The number of aliphatic hydroxyl groups is 1. The second-order valence-corrected chi connectivity index (χ2v) is 5.31. The van der Waals surface area contributed by atoms with Crippen LogP contribution in [0.25, 0.3) is 0 Å². The van der Waals surface area contributed by atoms with Gasteiger partial charge in [0.15, 0.2) is 0 Å². The van der Waals surface area contributed by atoms with Gasteiger partial charge in [0.25, 0.3) is 0 Å². The Kier molecular flexibility index (Phi) is 5.79. The number of thioether (sulfide) groups is 1. The maximum absolute atomic E-state index is 13.6. The molecule has 2 rings (SSSR count). The van der Waals surface area contributed by atoms with Crippen molar-refractivity contribution >= 4 is 11.8 Å². The maximum atomic E-state index is 13.6. The number of halogens is 2. The van der Waals surface area contributed by atoms with Crippen LogP contribution in [-0.4, -0.2) is 11.7 Å². The Balaban J connectivity index is 2.16. The fourth-order valence-electron chi connectivity index (χ4n) is 1.72. The van der Waals surface area contributed by atoms with E-state index in [-0.39, 0.29) is 18.2 Å². The molecule has 0 saturated carbocycles. The van der Waals surface area contributed by atoms with Crippen LogP contribution in [0, 0.1) is 23.5 Å². The zero-order chi connectivity index (χ0) is 15.1. The van der Waals surface area contributed by atoms with Gasteiger partial charge in [-0.3, -0.25) is 0 Å². The molecule has 1 N–H and O–H groups in total. The molecule has 0 aromatic heterocycles. The highest BCUT2D eigenvalue weighted by atomic mass is 32.2. The molecule has 0 heterocycles. The minimum atomic E-state index is -0.358. The van der Waals surface area contributed by atoms with E-state index in [9.17, 15) is 8.78 Å². The van der Waals surface area contributed by atoms with Gasteiger partial charge in [-0.05, 0) is 29.8 Å². The molecule has 0 saturated heterocycles. The number of benzene rings is 2. The molecule has 0 unspecified atom stereocenters. The molecule has 0 fully saturated rings. The topological polar surface area (TPSA) is 20.2 Å². The fourth-order valence-corrected chi connectivity index (χ4v) is 2.67. The lowest BCUT2D eigenvalue weighted by molar-refractivity contribution is 0.305. The average molecular weight is 304 g/mol.